The smallest absolute Gasteiger partial charge is 0.407 e. The predicted molar refractivity (Wildman–Crippen MR) is 136 cm³/mol. The van der Waals surface area contributed by atoms with E-state index >= 15 is 0 Å². The number of carbonyl (C=O) groups is 2. The van der Waals surface area contributed by atoms with Gasteiger partial charge >= 0.3 is 6.09 Å². The van der Waals surface area contributed by atoms with Crippen LogP contribution in [-0.4, -0.2) is 53.2 Å². The molecule has 1 aliphatic rings. The Bertz CT molecular complexity index is 998. The second-order valence-corrected chi connectivity index (χ2v) is 10.4. The number of hydrogen-bond acceptors (Lipinski definition) is 4. The molecule has 11 heteroatoms. The molecule has 0 radical (unpaired) electrons. The minimum absolute atomic E-state index is 0.118. The molecule has 1 saturated heterocycles. The Kier molecular flexibility index (Phi) is 10.3. The first-order valence-corrected chi connectivity index (χ1v) is 12.1. The summed E-state index contributed by atoms with van der Waals surface area (Å²) in [5, 5.41) is 17.7. The van der Waals surface area contributed by atoms with E-state index < -0.39 is 11.9 Å². The topological polar surface area (TPSA) is 93.7 Å². The highest BCUT2D eigenvalue weighted by atomic mass is 79.9. The average molecular weight is 606 g/mol. The number of anilines is 2. The maximum absolute atomic E-state index is 13.3. The van der Waals surface area contributed by atoms with Gasteiger partial charge in [-0.2, -0.15) is 0 Å². The molecule has 1 heterocycles. The van der Waals surface area contributed by atoms with Gasteiger partial charge in [-0.05, 0) is 83.0 Å². The van der Waals surface area contributed by atoms with Crippen molar-refractivity contribution in [3.05, 3.63) is 57.0 Å². The van der Waals surface area contributed by atoms with Crippen molar-refractivity contribution in [2.75, 3.05) is 30.3 Å². The maximum Gasteiger partial charge on any atom is 0.407 e. The lowest BCUT2D eigenvalue weighted by atomic mass is 10.1. The van der Waals surface area contributed by atoms with Gasteiger partial charge in [-0.15, -0.1) is 0 Å². The summed E-state index contributed by atoms with van der Waals surface area (Å²) >= 11 is 6.53. The van der Waals surface area contributed by atoms with E-state index in [9.17, 15) is 18.4 Å². The summed E-state index contributed by atoms with van der Waals surface area (Å²) in [5.74, 6) is -0.975. The zero-order valence-electron chi connectivity index (χ0n) is 19.1. The van der Waals surface area contributed by atoms with Crippen molar-refractivity contribution >= 4 is 55.2 Å². The molecule has 34 heavy (non-hydrogen) atoms. The minimum Gasteiger partial charge on any atom is -0.465 e. The van der Waals surface area contributed by atoms with Crippen LogP contribution in [0.5, 0.6) is 0 Å². The lowest BCUT2D eigenvalue weighted by Crippen LogP contribution is -2.53. The quantitative estimate of drug-likeness (QED) is 0.360. The van der Waals surface area contributed by atoms with Crippen molar-refractivity contribution in [1.29, 1.82) is 0 Å². The molecule has 0 bridgehead atoms. The molecule has 0 aromatic heterocycles. The number of amides is 2. The van der Waals surface area contributed by atoms with Crippen molar-refractivity contribution in [3.8, 4) is 0 Å². The molecule has 0 saturated carbocycles. The van der Waals surface area contributed by atoms with Gasteiger partial charge in [0.1, 0.15) is 11.6 Å². The number of piperazine rings is 1. The molecule has 3 rings (SSSR count). The predicted octanol–water partition coefficient (Wildman–Crippen LogP) is 5.67. The van der Waals surface area contributed by atoms with Crippen LogP contribution in [0, 0.1) is 11.6 Å². The van der Waals surface area contributed by atoms with Gasteiger partial charge < -0.3 is 26.0 Å². The number of carboxylic acid groups (broad SMARTS) is 1. The van der Waals surface area contributed by atoms with E-state index in [4.69, 9.17) is 5.11 Å². The van der Waals surface area contributed by atoms with E-state index in [1.807, 2.05) is 26.8 Å². The lowest BCUT2D eigenvalue weighted by molar-refractivity contribution is -0.116. The molecule has 186 valence electrons. The average Bonchev–Trinajstić information content (AvgIpc) is 2.73. The third kappa shape index (κ3) is 9.19. The van der Waals surface area contributed by atoms with Gasteiger partial charge in [-0.25, -0.2) is 13.6 Å². The number of halogens is 4. The number of para-hydroxylation sites is 1. The Hall–Kier alpha value is -2.24. The van der Waals surface area contributed by atoms with Gasteiger partial charge in [0.25, 0.3) is 0 Å². The van der Waals surface area contributed by atoms with Crippen LogP contribution in [-0.2, 0) is 4.79 Å². The molecular weight excluding hydrogens is 578 g/mol. The third-order valence-corrected chi connectivity index (χ3v) is 5.98. The van der Waals surface area contributed by atoms with Crippen LogP contribution in [0.3, 0.4) is 0 Å². The van der Waals surface area contributed by atoms with E-state index in [1.165, 1.54) is 29.2 Å². The van der Waals surface area contributed by atoms with Crippen LogP contribution in [0.15, 0.2) is 45.3 Å². The van der Waals surface area contributed by atoms with Gasteiger partial charge in [0.2, 0.25) is 5.91 Å². The number of hydrogen-bond donors (Lipinski definition) is 4. The Morgan fingerprint density at radius 1 is 1.18 bits per heavy atom. The molecule has 1 unspecified atom stereocenters. The monoisotopic (exact) mass is 604 g/mol. The minimum atomic E-state index is -0.991. The summed E-state index contributed by atoms with van der Waals surface area (Å²) < 4.78 is 27.8. The standard InChI is InChI=1S/C13H15BrFN3O3.C10H13BrFN/c14-10-2-1-8(15)5-11(10)17-12(19)6-9-7-18(13(20)21)4-3-16-9;1-10(2,3)13-9-7(11)5-4-6-8(9)12/h1-2,5,9,16H,3-4,6-7H2,(H,17,19)(H,20,21);4-6,13H,1-3H3. The second kappa shape index (κ2) is 12.5. The largest absolute Gasteiger partial charge is 0.465 e. The van der Waals surface area contributed by atoms with Crippen LogP contribution >= 0.6 is 31.9 Å². The van der Waals surface area contributed by atoms with Gasteiger partial charge in [0.15, 0.2) is 0 Å². The van der Waals surface area contributed by atoms with Gasteiger partial charge in [0, 0.05) is 46.6 Å². The lowest BCUT2D eigenvalue weighted by Gasteiger charge is -2.31. The first-order valence-electron chi connectivity index (χ1n) is 10.5. The van der Waals surface area contributed by atoms with Crippen LogP contribution < -0.4 is 16.0 Å². The summed E-state index contributed by atoms with van der Waals surface area (Å²) in [6, 6.07) is 8.70. The highest BCUT2D eigenvalue weighted by molar-refractivity contribution is 9.11. The highest BCUT2D eigenvalue weighted by Crippen LogP contribution is 2.27. The summed E-state index contributed by atoms with van der Waals surface area (Å²) in [4.78, 5) is 24.1. The third-order valence-electron chi connectivity index (χ3n) is 4.62. The Labute approximate surface area is 214 Å². The van der Waals surface area contributed by atoms with Crippen molar-refractivity contribution in [2.24, 2.45) is 0 Å². The molecule has 4 N–H and O–H groups in total. The van der Waals surface area contributed by atoms with Crippen molar-refractivity contribution in [3.63, 3.8) is 0 Å². The van der Waals surface area contributed by atoms with E-state index in [0.717, 1.165) is 4.47 Å². The van der Waals surface area contributed by atoms with E-state index in [1.54, 1.807) is 6.07 Å². The van der Waals surface area contributed by atoms with Crippen LogP contribution in [0.2, 0.25) is 0 Å². The molecule has 2 amide bonds. The molecule has 1 atom stereocenters. The zero-order chi connectivity index (χ0) is 25.5. The molecule has 0 spiro atoms. The first-order chi connectivity index (χ1) is 15.9. The van der Waals surface area contributed by atoms with E-state index in [0.29, 0.717) is 28.9 Å². The summed E-state index contributed by atoms with van der Waals surface area (Å²) in [6.07, 6.45) is -0.873. The number of benzene rings is 2. The van der Waals surface area contributed by atoms with Crippen LogP contribution in [0.25, 0.3) is 0 Å². The van der Waals surface area contributed by atoms with Crippen LogP contribution in [0.4, 0.5) is 25.0 Å². The second-order valence-electron chi connectivity index (χ2n) is 8.73. The number of carbonyl (C=O) groups excluding carboxylic acids is 1. The van der Waals surface area contributed by atoms with Gasteiger partial charge in [0.05, 0.1) is 11.4 Å². The van der Waals surface area contributed by atoms with Gasteiger partial charge in [-0.1, -0.05) is 6.07 Å². The summed E-state index contributed by atoms with van der Waals surface area (Å²) in [5.41, 5.74) is 0.742. The zero-order valence-corrected chi connectivity index (χ0v) is 22.3. The molecule has 2 aromatic rings. The van der Waals surface area contributed by atoms with Gasteiger partial charge in [-0.3, -0.25) is 4.79 Å². The fraction of sp³-hybridized carbons (Fsp3) is 0.391. The molecular formula is C23H28Br2F2N4O3. The fourth-order valence-electron chi connectivity index (χ4n) is 3.15. The Morgan fingerprint density at radius 3 is 2.50 bits per heavy atom. The fourth-order valence-corrected chi connectivity index (χ4v) is 3.93. The molecule has 1 aliphatic heterocycles. The Morgan fingerprint density at radius 2 is 1.88 bits per heavy atom. The number of nitrogens with zero attached hydrogens (tertiary/aromatic N) is 1. The summed E-state index contributed by atoms with van der Waals surface area (Å²) in [6.45, 7) is 7.15. The number of rotatable bonds is 4. The molecule has 1 fully saturated rings. The maximum atomic E-state index is 13.3. The molecule has 7 nitrogen and oxygen atoms in total. The summed E-state index contributed by atoms with van der Waals surface area (Å²) in [7, 11) is 0. The van der Waals surface area contributed by atoms with Crippen molar-refractivity contribution in [1.82, 2.24) is 10.2 Å². The normalized spacial score (nSPS) is 15.7. The van der Waals surface area contributed by atoms with Crippen molar-refractivity contribution < 1.29 is 23.5 Å². The SMILES string of the molecule is CC(C)(C)Nc1c(F)cccc1Br.O=C(CC1CN(C(=O)O)CCN1)Nc1cc(F)ccc1Br. The van der Waals surface area contributed by atoms with E-state index in [-0.39, 0.29) is 36.3 Å². The first kappa shape index (κ1) is 28.0. The van der Waals surface area contributed by atoms with Crippen molar-refractivity contribution in [2.45, 2.75) is 38.8 Å². The molecule has 2 aromatic carbocycles. The van der Waals surface area contributed by atoms with E-state index in [2.05, 4.69) is 47.8 Å². The van der Waals surface area contributed by atoms with Crippen LogP contribution in [0.1, 0.15) is 27.2 Å². The highest BCUT2D eigenvalue weighted by Gasteiger charge is 2.24. The number of nitrogens with one attached hydrogen (secondary N) is 3. The molecule has 0 aliphatic carbocycles. The Balaban J connectivity index is 0.000000270.